The number of amides is 1. The van der Waals surface area contributed by atoms with Crippen LogP contribution in [0, 0.1) is 0 Å². The average Bonchev–Trinajstić information content (AvgIpc) is 2.90. The number of benzene rings is 1. The van der Waals surface area contributed by atoms with E-state index in [9.17, 15) is 9.59 Å². The summed E-state index contributed by atoms with van der Waals surface area (Å²) in [4.78, 5) is 28.5. The first kappa shape index (κ1) is 12.7. The van der Waals surface area contributed by atoms with Crippen LogP contribution in [0.1, 0.15) is 23.3 Å². The second kappa shape index (κ2) is 5.00. The molecular weight excluding hydrogens is 256 g/mol. The van der Waals surface area contributed by atoms with Gasteiger partial charge in [-0.25, -0.2) is 0 Å². The summed E-state index contributed by atoms with van der Waals surface area (Å²) in [5.74, 6) is 0.946. The van der Waals surface area contributed by atoms with Crippen molar-refractivity contribution in [2.24, 2.45) is 0 Å². The molecule has 1 amide bonds. The van der Waals surface area contributed by atoms with E-state index >= 15 is 0 Å². The molecular formula is C15H16N2O3. The van der Waals surface area contributed by atoms with E-state index in [2.05, 4.69) is 4.98 Å². The highest BCUT2D eigenvalue weighted by atomic mass is 16.5. The number of fused-ring (bicyclic) bond motifs is 1. The second-order valence-corrected chi connectivity index (χ2v) is 4.97. The van der Waals surface area contributed by atoms with E-state index in [-0.39, 0.29) is 11.7 Å². The number of likely N-dealkylation sites (tertiary alicyclic amines) is 1. The lowest BCUT2D eigenvalue weighted by molar-refractivity contribution is -0.120. The van der Waals surface area contributed by atoms with Crippen molar-refractivity contribution < 1.29 is 14.3 Å². The molecule has 2 heterocycles. The molecule has 1 aromatic carbocycles. The Labute approximate surface area is 116 Å². The van der Waals surface area contributed by atoms with E-state index in [1.165, 1.54) is 0 Å². The Morgan fingerprint density at radius 1 is 1.25 bits per heavy atom. The van der Waals surface area contributed by atoms with Crippen molar-refractivity contribution in [3.05, 3.63) is 30.0 Å². The van der Waals surface area contributed by atoms with Gasteiger partial charge in [0.25, 0.3) is 5.91 Å². The number of ketones is 1. The minimum absolute atomic E-state index is 0.0485. The van der Waals surface area contributed by atoms with Gasteiger partial charge in [-0.2, -0.15) is 0 Å². The number of rotatable bonds is 2. The largest absolute Gasteiger partial charge is 0.497 e. The Morgan fingerprint density at radius 2 is 2.00 bits per heavy atom. The number of nitrogens with one attached hydrogen (secondary N) is 1. The van der Waals surface area contributed by atoms with Crippen LogP contribution < -0.4 is 4.74 Å². The number of H-pyrrole nitrogens is 1. The highest BCUT2D eigenvalue weighted by molar-refractivity contribution is 5.99. The number of carbonyl (C=O) groups excluding carboxylic acids is 2. The van der Waals surface area contributed by atoms with E-state index < -0.39 is 0 Å². The monoisotopic (exact) mass is 272 g/mol. The molecule has 2 aromatic rings. The Bertz CT molecular complexity index is 665. The SMILES string of the molecule is COc1ccc2[nH]c(C(=O)N3CCC(=O)CC3)cc2c1. The van der Waals surface area contributed by atoms with E-state index in [4.69, 9.17) is 4.74 Å². The first-order valence-corrected chi connectivity index (χ1v) is 6.65. The smallest absolute Gasteiger partial charge is 0.270 e. The number of hydrogen-bond donors (Lipinski definition) is 1. The van der Waals surface area contributed by atoms with Gasteiger partial charge in [0.1, 0.15) is 17.2 Å². The van der Waals surface area contributed by atoms with Crippen molar-refractivity contribution in [2.75, 3.05) is 20.2 Å². The van der Waals surface area contributed by atoms with Gasteiger partial charge >= 0.3 is 0 Å². The molecule has 1 saturated heterocycles. The lowest BCUT2D eigenvalue weighted by Gasteiger charge is -2.25. The molecule has 1 fully saturated rings. The first-order chi connectivity index (χ1) is 9.67. The first-order valence-electron chi connectivity index (χ1n) is 6.65. The zero-order valence-electron chi connectivity index (χ0n) is 11.3. The minimum atomic E-state index is -0.0485. The molecule has 5 nitrogen and oxygen atoms in total. The number of Topliss-reactive ketones (excluding diaryl/α,β-unsaturated/α-hetero) is 1. The van der Waals surface area contributed by atoms with Gasteiger partial charge in [-0.15, -0.1) is 0 Å². The second-order valence-electron chi connectivity index (χ2n) is 4.97. The van der Waals surface area contributed by atoms with Gasteiger partial charge in [0, 0.05) is 36.8 Å². The lowest BCUT2D eigenvalue weighted by Crippen LogP contribution is -2.38. The molecule has 1 aliphatic rings. The average molecular weight is 272 g/mol. The van der Waals surface area contributed by atoms with E-state index in [0.29, 0.717) is 31.6 Å². The maximum atomic E-state index is 12.4. The Balaban J connectivity index is 1.86. The van der Waals surface area contributed by atoms with E-state index in [1.54, 1.807) is 12.0 Å². The number of hydrogen-bond acceptors (Lipinski definition) is 3. The molecule has 1 aromatic heterocycles. The van der Waals surface area contributed by atoms with Crippen molar-refractivity contribution in [2.45, 2.75) is 12.8 Å². The normalized spacial score (nSPS) is 15.7. The zero-order chi connectivity index (χ0) is 14.1. The quantitative estimate of drug-likeness (QED) is 0.909. The van der Waals surface area contributed by atoms with Gasteiger partial charge in [0.15, 0.2) is 0 Å². The molecule has 3 rings (SSSR count). The highest BCUT2D eigenvalue weighted by Crippen LogP contribution is 2.22. The predicted molar refractivity (Wildman–Crippen MR) is 75.0 cm³/mol. The van der Waals surface area contributed by atoms with Crippen LogP contribution in [-0.2, 0) is 4.79 Å². The summed E-state index contributed by atoms with van der Waals surface area (Å²) in [5, 5.41) is 0.945. The van der Waals surface area contributed by atoms with Crippen LogP contribution >= 0.6 is 0 Å². The molecule has 0 aliphatic carbocycles. The summed E-state index contributed by atoms with van der Waals surface area (Å²) >= 11 is 0. The van der Waals surface area contributed by atoms with Crippen molar-refractivity contribution in [1.82, 2.24) is 9.88 Å². The Kier molecular flexibility index (Phi) is 3.18. The molecule has 0 radical (unpaired) electrons. The fourth-order valence-electron chi connectivity index (χ4n) is 2.48. The number of methoxy groups -OCH3 is 1. The molecule has 0 atom stereocenters. The van der Waals surface area contributed by atoms with Crippen LogP contribution in [0.5, 0.6) is 5.75 Å². The van der Waals surface area contributed by atoms with Crippen LogP contribution in [0.4, 0.5) is 0 Å². The maximum absolute atomic E-state index is 12.4. The number of piperidine rings is 1. The standard InChI is InChI=1S/C15H16N2O3/c1-20-12-2-3-13-10(8-12)9-14(16-13)15(19)17-6-4-11(18)5-7-17/h2-3,8-9,16H,4-7H2,1H3. The summed E-state index contributed by atoms with van der Waals surface area (Å²) < 4.78 is 5.17. The third-order valence-corrected chi connectivity index (χ3v) is 3.67. The van der Waals surface area contributed by atoms with Gasteiger partial charge in [-0.05, 0) is 24.3 Å². The Morgan fingerprint density at radius 3 is 2.70 bits per heavy atom. The third kappa shape index (κ3) is 2.27. The molecule has 0 bridgehead atoms. The molecule has 1 aliphatic heterocycles. The maximum Gasteiger partial charge on any atom is 0.270 e. The molecule has 20 heavy (non-hydrogen) atoms. The molecule has 0 unspecified atom stereocenters. The predicted octanol–water partition coefficient (Wildman–Crippen LogP) is 1.98. The van der Waals surface area contributed by atoms with Crippen LogP contribution in [0.15, 0.2) is 24.3 Å². The van der Waals surface area contributed by atoms with Crippen molar-refractivity contribution in [3.8, 4) is 5.75 Å². The van der Waals surface area contributed by atoms with Crippen LogP contribution in [0.3, 0.4) is 0 Å². The molecule has 0 saturated carbocycles. The zero-order valence-corrected chi connectivity index (χ0v) is 11.3. The van der Waals surface area contributed by atoms with Crippen LogP contribution in [0.2, 0.25) is 0 Å². The van der Waals surface area contributed by atoms with Gasteiger partial charge in [-0.1, -0.05) is 0 Å². The number of aromatic amines is 1. The van der Waals surface area contributed by atoms with Gasteiger partial charge in [0.2, 0.25) is 0 Å². The fourth-order valence-corrected chi connectivity index (χ4v) is 2.48. The van der Waals surface area contributed by atoms with Crippen molar-refractivity contribution >= 4 is 22.6 Å². The minimum Gasteiger partial charge on any atom is -0.497 e. The highest BCUT2D eigenvalue weighted by Gasteiger charge is 2.22. The topological polar surface area (TPSA) is 62.4 Å². The number of carbonyl (C=O) groups is 2. The number of ether oxygens (including phenoxy) is 1. The Hall–Kier alpha value is -2.30. The third-order valence-electron chi connectivity index (χ3n) is 3.67. The molecule has 104 valence electrons. The van der Waals surface area contributed by atoms with Gasteiger partial charge < -0.3 is 14.6 Å². The summed E-state index contributed by atoms with van der Waals surface area (Å²) in [5.41, 5.74) is 1.46. The van der Waals surface area contributed by atoms with Gasteiger partial charge in [-0.3, -0.25) is 9.59 Å². The van der Waals surface area contributed by atoms with E-state index in [1.807, 2.05) is 24.3 Å². The fraction of sp³-hybridized carbons (Fsp3) is 0.333. The van der Waals surface area contributed by atoms with Gasteiger partial charge in [0.05, 0.1) is 7.11 Å². The van der Waals surface area contributed by atoms with Crippen molar-refractivity contribution in [1.29, 1.82) is 0 Å². The molecule has 1 N–H and O–H groups in total. The summed E-state index contributed by atoms with van der Waals surface area (Å²) in [6.07, 6.45) is 0.916. The lowest BCUT2D eigenvalue weighted by atomic mass is 10.1. The summed E-state index contributed by atoms with van der Waals surface area (Å²) in [6.45, 7) is 1.02. The molecule has 5 heteroatoms. The van der Waals surface area contributed by atoms with Crippen LogP contribution in [-0.4, -0.2) is 41.8 Å². The molecule has 0 spiro atoms. The van der Waals surface area contributed by atoms with E-state index in [0.717, 1.165) is 16.7 Å². The van der Waals surface area contributed by atoms with Crippen molar-refractivity contribution in [3.63, 3.8) is 0 Å². The summed E-state index contributed by atoms with van der Waals surface area (Å²) in [7, 11) is 1.62. The van der Waals surface area contributed by atoms with Crippen LogP contribution in [0.25, 0.3) is 10.9 Å². The number of nitrogens with zero attached hydrogens (tertiary/aromatic N) is 1. The number of aromatic nitrogens is 1. The summed E-state index contributed by atoms with van der Waals surface area (Å²) in [6, 6.07) is 7.47.